The Hall–Kier alpha value is -1.65. The van der Waals surface area contributed by atoms with Crippen molar-refractivity contribution >= 4 is 10.0 Å². The van der Waals surface area contributed by atoms with Crippen molar-refractivity contribution < 1.29 is 8.42 Å². The van der Waals surface area contributed by atoms with Gasteiger partial charge in [0.1, 0.15) is 0 Å². The summed E-state index contributed by atoms with van der Waals surface area (Å²) in [6.45, 7) is 0. The van der Waals surface area contributed by atoms with E-state index >= 15 is 0 Å². The molecule has 1 N–H and O–H groups in total. The molecule has 0 unspecified atom stereocenters. The van der Waals surface area contributed by atoms with E-state index in [1.165, 1.54) is 5.56 Å². The first-order valence-electron chi connectivity index (χ1n) is 7.26. The standard InChI is InChI=1S/C17H19NO2S/c19-21(20,13-14-7-2-1-3-8-14)18-17-12-6-10-15-9-4-5-11-16(15)17/h1-5,7-9,11,17-18H,6,10,12-13H2/t17-/m0/s1. The molecule has 0 fully saturated rings. The molecule has 0 amide bonds. The average Bonchev–Trinajstić information content (AvgIpc) is 2.48. The summed E-state index contributed by atoms with van der Waals surface area (Å²) in [6, 6.07) is 17.3. The molecule has 2 aromatic rings. The molecule has 3 rings (SSSR count). The fourth-order valence-corrected chi connectivity index (χ4v) is 4.32. The summed E-state index contributed by atoms with van der Waals surface area (Å²) in [5.74, 6) is 0.0342. The quantitative estimate of drug-likeness (QED) is 0.942. The van der Waals surface area contributed by atoms with Gasteiger partial charge in [0.25, 0.3) is 0 Å². The summed E-state index contributed by atoms with van der Waals surface area (Å²) in [5.41, 5.74) is 3.20. The zero-order valence-electron chi connectivity index (χ0n) is 11.8. The molecule has 3 nitrogen and oxygen atoms in total. The Kier molecular flexibility index (Phi) is 4.08. The zero-order chi connectivity index (χ0) is 14.7. The second kappa shape index (κ2) is 6.00. The molecule has 1 aliphatic rings. The van der Waals surface area contributed by atoms with Crippen LogP contribution in [0.25, 0.3) is 0 Å². The van der Waals surface area contributed by atoms with Gasteiger partial charge in [-0.25, -0.2) is 13.1 Å². The number of nitrogens with one attached hydrogen (secondary N) is 1. The van der Waals surface area contributed by atoms with E-state index < -0.39 is 10.0 Å². The molecule has 0 aromatic heterocycles. The smallest absolute Gasteiger partial charge is 0.212 e. The van der Waals surface area contributed by atoms with Gasteiger partial charge in [0.2, 0.25) is 10.0 Å². The van der Waals surface area contributed by atoms with Gasteiger partial charge in [-0.1, -0.05) is 54.6 Å². The first-order chi connectivity index (χ1) is 10.1. The Morgan fingerprint density at radius 3 is 2.52 bits per heavy atom. The van der Waals surface area contributed by atoms with Crippen LogP contribution in [0.4, 0.5) is 0 Å². The van der Waals surface area contributed by atoms with Crippen LogP contribution in [0.5, 0.6) is 0 Å². The van der Waals surface area contributed by atoms with E-state index in [2.05, 4.69) is 10.8 Å². The predicted octanol–water partition coefficient (Wildman–Crippen LogP) is 3.18. The number of benzene rings is 2. The number of rotatable bonds is 4. The number of fused-ring (bicyclic) bond motifs is 1. The Morgan fingerprint density at radius 1 is 1.00 bits per heavy atom. The first-order valence-corrected chi connectivity index (χ1v) is 8.91. The van der Waals surface area contributed by atoms with Gasteiger partial charge in [-0.2, -0.15) is 0 Å². The molecule has 0 spiro atoms. The summed E-state index contributed by atoms with van der Waals surface area (Å²) >= 11 is 0. The van der Waals surface area contributed by atoms with Crippen molar-refractivity contribution in [3.05, 3.63) is 71.3 Å². The molecule has 0 saturated carbocycles. The van der Waals surface area contributed by atoms with Crippen molar-refractivity contribution in [1.29, 1.82) is 0 Å². The molecule has 110 valence electrons. The first kappa shape index (κ1) is 14.3. The molecular formula is C17H19NO2S. The minimum atomic E-state index is -3.33. The SMILES string of the molecule is O=S(=O)(Cc1ccccc1)N[C@H]1CCCc2ccccc21. The van der Waals surface area contributed by atoms with Gasteiger partial charge in [-0.15, -0.1) is 0 Å². The van der Waals surface area contributed by atoms with E-state index in [-0.39, 0.29) is 11.8 Å². The number of sulfonamides is 1. The van der Waals surface area contributed by atoms with Gasteiger partial charge >= 0.3 is 0 Å². The second-order valence-corrected chi connectivity index (χ2v) is 7.26. The largest absolute Gasteiger partial charge is 0.216 e. The van der Waals surface area contributed by atoms with E-state index in [9.17, 15) is 8.42 Å². The summed E-state index contributed by atoms with van der Waals surface area (Å²) in [7, 11) is -3.33. The maximum Gasteiger partial charge on any atom is 0.216 e. The van der Waals surface area contributed by atoms with Crippen LogP contribution in [0.2, 0.25) is 0 Å². The highest BCUT2D eigenvalue weighted by molar-refractivity contribution is 7.88. The Bertz CT molecular complexity index is 711. The van der Waals surface area contributed by atoms with Crippen LogP contribution in [0, 0.1) is 0 Å². The second-order valence-electron chi connectivity index (χ2n) is 5.51. The number of hydrogen-bond acceptors (Lipinski definition) is 2. The normalized spacial score (nSPS) is 18.2. The van der Waals surface area contributed by atoms with Crippen LogP contribution in [0.1, 0.15) is 35.6 Å². The van der Waals surface area contributed by atoms with Gasteiger partial charge in [-0.3, -0.25) is 0 Å². The highest BCUT2D eigenvalue weighted by atomic mass is 32.2. The van der Waals surface area contributed by atoms with E-state index in [0.29, 0.717) is 0 Å². The molecule has 0 aliphatic heterocycles. The third kappa shape index (κ3) is 3.52. The lowest BCUT2D eigenvalue weighted by molar-refractivity contribution is 0.507. The van der Waals surface area contributed by atoms with Crippen molar-refractivity contribution in [2.45, 2.75) is 31.1 Å². The molecule has 21 heavy (non-hydrogen) atoms. The lowest BCUT2D eigenvalue weighted by Crippen LogP contribution is -2.31. The van der Waals surface area contributed by atoms with Crippen LogP contribution in [0.15, 0.2) is 54.6 Å². The minimum absolute atomic E-state index is 0.0342. The highest BCUT2D eigenvalue weighted by Gasteiger charge is 2.24. The number of hydrogen-bond donors (Lipinski definition) is 1. The van der Waals surface area contributed by atoms with Gasteiger partial charge in [-0.05, 0) is 36.0 Å². The van der Waals surface area contributed by atoms with Crippen molar-refractivity contribution in [2.24, 2.45) is 0 Å². The van der Waals surface area contributed by atoms with Gasteiger partial charge in [0.15, 0.2) is 0 Å². The van der Waals surface area contributed by atoms with E-state index in [1.54, 1.807) is 0 Å². The fourth-order valence-electron chi connectivity index (χ4n) is 2.93. The average molecular weight is 301 g/mol. The van der Waals surface area contributed by atoms with Crippen LogP contribution in [0.3, 0.4) is 0 Å². The molecule has 0 heterocycles. The Labute approximate surface area is 126 Å². The molecule has 1 atom stereocenters. The van der Waals surface area contributed by atoms with E-state index in [0.717, 1.165) is 30.4 Å². The van der Waals surface area contributed by atoms with Gasteiger partial charge < -0.3 is 0 Å². The molecular weight excluding hydrogens is 282 g/mol. The third-order valence-corrected chi connectivity index (χ3v) is 5.25. The molecule has 0 saturated heterocycles. The summed E-state index contributed by atoms with van der Waals surface area (Å²) < 4.78 is 27.6. The summed E-state index contributed by atoms with van der Waals surface area (Å²) in [6.07, 6.45) is 2.92. The fraction of sp³-hybridized carbons (Fsp3) is 0.294. The minimum Gasteiger partial charge on any atom is -0.212 e. The van der Waals surface area contributed by atoms with Crippen molar-refractivity contribution in [3.8, 4) is 0 Å². The lowest BCUT2D eigenvalue weighted by Gasteiger charge is -2.26. The maximum absolute atomic E-state index is 12.4. The van der Waals surface area contributed by atoms with Crippen LogP contribution in [-0.2, 0) is 22.2 Å². The summed E-state index contributed by atoms with van der Waals surface area (Å²) in [5, 5.41) is 0. The monoisotopic (exact) mass is 301 g/mol. The van der Waals surface area contributed by atoms with Gasteiger partial charge in [0, 0.05) is 6.04 Å². The highest BCUT2D eigenvalue weighted by Crippen LogP contribution is 2.30. The van der Waals surface area contributed by atoms with Crippen molar-refractivity contribution in [2.75, 3.05) is 0 Å². The van der Waals surface area contributed by atoms with Crippen molar-refractivity contribution in [1.82, 2.24) is 4.72 Å². The molecule has 0 radical (unpaired) electrons. The maximum atomic E-state index is 12.4. The van der Waals surface area contributed by atoms with Crippen LogP contribution >= 0.6 is 0 Å². The van der Waals surface area contributed by atoms with E-state index in [1.807, 2.05) is 48.5 Å². The number of aryl methyl sites for hydroxylation is 1. The third-order valence-electron chi connectivity index (χ3n) is 3.89. The lowest BCUT2D eigenvalue weighted by atomic mass is 9.88. The van der Waals surface area contributed by atoms with Crippen molar-refractivity contribution in [3.63, 3.8) is 0 Å². The summed E-state index contributed by atoms with van der Waals surface area (Å²) in [4.78, 5) is 0. The molecule has 2 aromatic carbocycles. The molecule has 1 aliphatic carbocycles. The van der Waals surface area contributed by atoms with Crippen LogP contribution in [-0.4, -0.2) is 8.42 Å². The van der Waals surface area contributed by atoms with Crippen LogP contribution < -0.4 is 4.72 Å². The Balaban J connectivity index is 1.78. The molecule has 4 heteroatoms. The predicted molar refractivity (Wildman–Crippen MR) is 84.3 cm³/mol. The zero-order valence-corrected chi connectivity index (χ0v) is 12.6. The Morgan fingerprint density at radius 2 is 1.71 bits per heavy atom. The van der Waals surface area contributed by atoms with E-state index in [4.69, 9.17) is 0 Å². The van der Waals surface area contributed by atoms with Gasteiger partial charge in [0.05, 0.1) is 5.75 Å². The topological polar surface area (TPSA) is 46.2 Å². The molecule has 0 bridgehead atoms.